The lowest BCUT2D eigenvalue weighted by Gasteiger charge is -2.40. The van der Waals surface area contributed by atoms with E-state index in [1.165, 1.54) is 141 Å². The number of aliphatic hydroxyl groups excluding tert-OH is 5. The summed E-state index contributed by atoms with van der Waals surface area (Å²) in [6.07, 6.45) is 74.4. The van der Waals surface area contributed by atoms with Gasteiger partial charge in [0, 0.05) is 6.42 Å². The second-order valence-corrected chi connectivity index (χ2v) is 21.1. The van der Waals surface area contributed by atoms with Crippen molar-refractivity contribution in [3.63, 3.8) is 0 Å². The zero-order valence-corrected chi connectivity index (χ0v) is 48.5. The third-order valence-corrected chi connectivity index (χ3v) is 14.1. The molecule has 436 valence electrons. The maximum atomic E-state index is 13.1. The van der Waals surface area contributed by atoms with Crippen LogP contribution < -0.4 is 5.32 Å². The molecule has 1 amide bonds. The topological polar surface area (TPSA) is 149 Å². The van der Waals surface area contributed by atoms with E-state index in [0.29, 0.717) is 6.42 Å². The van der Waals surface area contributed by atoms with Gasteiger partial charge in [-0.15, -0.1) is 0 Å². The first kappa shape index (κ1) is 70.9. The molecule has 7 atom stereocenters. The monoisotopic (exact) mass is 1060 g/mol. The lowest BCUT2D eigenvalue weighted by atomic mass is 9.99. The Balaban J connectivity index is 2.15. The highest BCUT2D eigenvalue weighted by molar-refractivity contribution is 5.76. The molecule has 1 aliphatic heterocycles. The molecule has 7 unspecified atom stereocenters. The van der Waals surface area contributed by atoms with Crippen LogP contribution in [0.3, 0.4) is 0 Å². The molecule has 6 N–H and O–H groups in total. The first-order valence-corrected chi connectivity index (χ1v) is 31.1. The summed E-state index contributed by atoms with van der Waals surface area (Å²) in [6, 6.07) is -0.812. The number of rotatable bonds is 52. The van der Waals surface area contributed by atoms with Crippen molar-refractivity contribution in [2.24, 2.45) is 0 Å². The molecule has 1 aliphatic rings. The third-order valence-electron chi connectivity index (χ3n) is 14.1. The summed E-state index contributed by atoms with van der Waals surface area (Å²) in [7, 11) is 0. The second kappa shape index (κ2) is 55.2. The van der Waals surface area contributed by atoms with Gasteiger partial charge in [0.05, 0.1) is 25.4 Å². The number of hydrogen-bond donors (Lipinski definition) is 6. The molecule has 0 saturated carbocycles. The van der Waals surface area contributed by atoms with E-state index >= 15 is 0 Å². The average Bonchev–Trinajstić information content (AvgIpc) is 3.42. The zero-order chi connectivity index (χ0) is 55.0. The first-order chi connectivity index (χ1) is 37.3. The van der Waals surface area contributed by atoms with Crippen molar-refractivity contribution in [1.29, 1.82) is 0 Å². The summed E-state index contributed by atoms with van der Waals surface area (Å²) >= 11 is 0. The van der Waals surface area contributed by atoms with Gasteiger partial charge in [-0.05, 0) is 83.5 Å². The van der Waals surface area contributed by atoms with Gasteiger partial charge in [-0.2, -0.15) is 0 Å². The van der Waals surface area contributed by atoms with E-state index in [0.717, 1.165) is 89.9 Å². The second-order valence-electron chi connectivity index (χ2n) is 21.1. The molecule has 0 spiro atoms. The number of hydrogen-bond acceptors (Lipinski definition) is 8. The van der Waals surface area contributed by atoms with E-state index in [-0.39, 0.29) is 12.5 Å². The molecule has 1 saturated heterocycles. The lowest BCUT2D eigenvalue weighted by Crippen LogP contribution is -2.60. The highest BCUT2D eigenvalue weighted by Gasteiger charge is 2.44. The van der Waals surface area contributed by atoms with E-state index in [2.05, 4.69) is 116 Å². The van der Waals surface area contributed by atoms with Crippen molar-refractivity contribution >= 4 is 5.91 Å². The Morgan fingerprint density at radius 1 is 0.461 bits per heavy atom. The van der Waals surface area contributed by atoms with Gasteiger partial charge in [0.25, 0.3) is 0 Å². The van der Waals surface area contributed by atoms with Gasteiger partial charge < -0.3 is 40.3 Å². The molecular formula is C67H115NO8. The van der Waals surface area contributed by atoms with Gasteiger partial charge in [-0.3, -0.25) is 4.79 Å². The van der Waals surface area contributed by atoms with Crippen molar-refractivity contribution in [3.8, 4) is 0 Å². The maximum Gasteiger partial charge on any atom is 0.220 e. The van der Waals surface area contributed by atoms with Crippen LogP contribution in [0.2, 0.25) is 0 Å². The average molecular weight is 1060 g/mol. The number of amides is 1. The molecule has 0 bridgehead atoms. The molecule has 0 aromatic rings. The van der Waals surface area contributed by atoms with Crippen molar-refractivity contribution in [2.45, 2.75) is 294 Å². The van der Waals surface area contributed by atoms with Crippen LogP contribution in [0.25, 0.3) is 0 Å². The van der Waals surface area contributed by atoms with E-state index in [1.54, 1.807) is 6.08 Å². The summed E-state index contributed by atoms with van der Waals surface area (Å²) in [4.78, 5) is 13.1. The van der Waals surface area contributed by atoms with Gasteiger partial charge in [0.15, 0.2) is 6.29 Å². The lowest BCUT2D eigenvalue weighted by molar-refractivity contribution is -0.302. The molecule has 1 fully saturated rings. The van der Waals surface area contributed by atoms with Crippen LogP contribution >= 0.6 is 0 Å². The van der Waals surface area contributed by atoms with Crippen molar-refractivity contribution < 1.29 is 39.8 Å². The fraction of sp³-hybridized carbons (Fsp3) is 0.716. The van der Waals surface area contributed by atoms with E-state index < -0.39 is 49.5 Å². The molecule has 76 heavy (non-hydrogen) atoms. The van der Waals surface area contributed by atoms with Crippen molar-refractivity contribution in [1.82, 2.24) is 5.32 Å². The number of allylic oxidation sites excluding steroid dienone is 17. The molecule has 0 radical (unpaired) electrons. The number of carbonyl (C=O) groups is 1. The number of aliphatic hydroxyl groups is 5. The maximum absolute atomic E-state index is 13.1. The van der Waals surface area contributed by atoms with Gasteiger partial charge in [0.1, 0.15) is 24.4 Å². The van der Waals surface area contributed by atoms with Gasteiger partial charge in [-0.1, -0.05) is 271 Å². The van der Waals surface area contributed by atoms with Gasteiger partial charge >= 0.3 is 0 Å². The fourth-order valence-electron chi connectivity index (χ4n) is 9.23. The number of ether oxygens (including phenoxy) is 2. The van der Waals surface area contributed by atoms with Crippen LogP contribution in [0.5, 0.6) is 0 Å². The summed E-state index contributed by atoms with van der Waals surface area (Å²) in [5.74, 6) is -0.182. The molecule has 1 rings (SSSR count). The molecule has 0 aromatic heterocycles. The van der Waals surface area contributed by atoms with Crippen LogP contribution in [0.1, 0.15) is 251 Å². The van der Waals surface area contributed by atoms with Crippen LogP contribution in [0.15, 0.2) is 109 Å². The molecule has 0 aliphatic carbocycles. The first-order valence-electron chi connectivity index (χ1n) is 31.1. The Morgan fingerprint density at radius 2 is 0.816 bits per heavy atom. The zero-order valence-electron chi connectivity index (χ0n) is 48.5. The van der Waals surface area contributed by atoms with E-state index in [4.69, 9.17) is 9.47 Å². The minimum Gasteiger partial charge on any atom is -0.394 e. The van der Waals surface area contributed by atoms with E-state index in [1.807, 2.05) is 6.08 Å². The Morgan fingerprint density at radius 3 is 1.21 bits per heavy atom. The summed E-state index contributed by atoms with van der Waals surface area (Å²) in [6.45, 7) is 3.67. The number of unbranched alkanes of at least 4 members (excludes halogenated alkanes) is 26. The third kappa shape index (κ3) is 43.8. The SMILES string of the molecule is CC/C=C\C/C=C\C/C=C\C/C=C\C/C=C\C/C=C\C/C=C\C/C=C\CCCCCCCCCCCCCCC(=O)NC(COC1OC(CO)C(O)C(O)C1O)C(O)/C=C/CCCCCCCCCCCCCCCC. The van der Waals surface area contributed by atoms with Crippen LogP contribution in [-0.4, -0.2) is 87.5 Å². The molecular weight excluding hydrogens is 947 g/mol. The highest BCUT2D eigenvalue weighted by atomic mass is 16.7. The Kier molecular flexibility index (Phi) is 51.4. The smallest absolute Gasteiger partial charge is 0.220 e. The number of carbonyl (C=O) groups excluding carboxylic acids is 1. The number of nitrogens with one attached hydrogen (secondary N) is 1. The van der Waals surface area contributed by atoms with Crippen molar-refractivity contribution in [2.75, 3.05) is 13.2 Å². The summed E-state index contributed by atoms with van der Waals surface area (Å²) in [5, 5.41) is 54.5. The van der Waals surface area contributed by atoms with Crippen LogP contribution in [0, 0.1) is 0 Å². The van der Waals surface area contributed by atoms with Crippen LogP contribution in [0.4, 0.5) is 0 Å². The standard InChI is InChI=1S/C67H115NO8/c1-3-5-7-9-11-13-15-17-19-21-22-23-24-25-26-27-28-29-30-31-32-33-34-35-36-37-38-39-40-41-43-45-47-49-51-53-55-57-63(71)68-60(59-75-67-66(74)65(73)64(72)62(58-69)76-67)61(70)56-54-52-50-48-46-44-42-20-18-16-14-12-10-8-6-4-2/h5,7,11,13,17,19,22-23,25-26,28-29,31-32,34-35,54,56,60-62,64-67,69-70,72-74H,3-4,6,8-10,12,14-16,18,20-21,24,27,30,33,36-53,55,57-59H2,1-2H3,(H,68,71)/b7-5-,13-11-,19-17-,23-22-,26-25-,29-28-,32-31-,35-34-,56-54+. The summed E-state index contributed by atoms with van der Waals surface area (Å²) in [5.41, 5.74) is 0. The largest absolute Gasteiger partial charge is 0.394 e. The normalized spacial score (nSPS) is 19.6. The molecule has 0 aromatic carbocycles. The highest BCUT2D eigenvalue weighted by Crippen LogP contribution is 2.23. The van der Waals surface area contributed by atoms with Crippen LogP contribution in [-0.2, 0) is 14.3 Å². The molecule has 1 heterocycles. The van der Waals surface area contributed by atoms with Gasteiger partial charge in [0.2, 0.25) is 5.91 Å². The Labute approximate surface area is 466 Å². The predicted octanol–water partition coefficient (Wildman–Crippen LogP) is 16.1. The van der Waals surface area contributed by atoms with E-state index in [9.17, 15) is 30.3 Å². The van der Waals surface area contributed by atoms with Crippen molar-refractivity contribution in [3.05, 3.63) is 109 Å². The fourth-order valence-corrected chi connectivity index (χ4v) is 9.23. The van der Waals surface area contributed by atoms with Gasteiger partial charge in [-0.25, -0.2) is 0 Å². The quantitative estimate of drug-likeness (QED) is 0.0261. The minimum atomic E-state index is -1.57. The Hall–Kier alpha value is -3.15. The molecule has 9 nitrogen and oxygen atoms in total. The minimum absolute atomic E-state index is 0.182. The molecule has 9 heteroatoms. The summed E-state index contributed by atoms with van der Waals surface area (Å²) < 4.78 is 11.3. The predicted molar refractivity (Wildman–Crippen MR) is 322 cm³/mol. The Bertz CT molecular complexity index is 1560.